The van der Waals surface area contributed by atoms with Gasteiger partial charge in [0.1, 0.15) is 0 Å². The van der Waals surface area contributed by atoms with E-state index in [0.717, 1.165) is 12.0 Å². The van der Waals surface area contributed by atoms with E-state index in [-0.39, 0.29) is 34.1 Å². The van der Waals surface area contributed by atoms with E-state index >= 15 is 0 Å². The molecule has 0 saturated heterocycles. The SMILES string of the molecule is O=C(O)c1ccc(C2Nc3c(Cl)ccc([N+](=O)[O-])c3C3C=CCC32)cc1. The van der Waals surface area contributed by atoms with Crippen LogP contribution in [0.1, 0.15) is 39.9 Å². The van der Waals surface area contributed by atoms with Gasteiger partial charge in [-0.1, -0.05) is 35.9 Å². The molecular formula is C19H15ClN2O4. The number of anilines is 1. The summed E-state index contributed by atoms with van der Waals surface area (Å²) in [5, 5.41) is 24.4. The molecule has 7 heteroatoms. The third kappa shape index (κ3) is 2.54. The molecule has 1 aliphatic heterocycles. The van der Waals surface area contributed by atoms with Crippen LogP contribution in [0.4, 0.5) is 11.4 Å². The minimum Gasteiger partial charge on any atom is -0.478 e. The molecule has 26 heavy (non-hydrogen) atoms. The summed E-state index contributed by atoms with van der Waals surface area (Å²) < 4.78 is 0. The third-order valence-corrected chi connectivity index (χ3v) is 5.47. The maximum Gasteiger partial charge on any atom is 0.335 e. The van der Waals surface area contributed by atoms with E-state index in [1.807, 2.05) is 12.2 Å². The lowest BCUT2D eigenvalue weighted by atomic mass is 9.76. The average molecular weight is 371 g/mol. The molecule has 0 spiro atoms. The van der Waals surface area contributed by atoms with Gasteiger partial charge in [0.25, 0.3) is 5.69 Å². The first-order chi connectivity index (χ1) is 12.5. The number of halogens is 1. The van der Waals surface area contributed by atoms with Crippen LogP contribution in [0.15, 0.2) is 48.6 Å². The Hall–Kier alpha value is -2.86. The van der Waals surface area contributed by atoms with Gasteiger partial charge in [0.2, 0.25) is 0 Å². The Morgan fingerprint density at radius 3 is 2.62 bits per heavy atom. The Morgan fingerprint density at radius 2 is 1.96 bits per heavy atom. The molecule has 1 aliphatic carbocycles. The number of hydrogen-bond acceptors (Lipinski definition) is 4. The minimum absolute atomic E-state index is 0.0677. The number of nitro benzene ring substituents is 1. The predicted octanol–water partition coefficient (Wildman–Crippen LogP) is 4.77. The largest absolute Gasteiger partial charge is 0.478 e. The fraction of sp³-hybridized carbons (Fsp3) is 0.211. The van der Waals surface area contributed by atoms with Crippen molar-refractivity contribution in [3.05, 3.63) is 80.4 Å². The van der Waals surface area contributed by atoms with Gasteiger partial charge in [-0.3, -0.25) is 10.1 Å². The van der Waals surface area contributed by atoms with Crippen molar-refractivity contribution in [1.82, 2.24) is 0 Å². The average Bonchev–Trinajstić information content (AvgIpc) is 3.11. The number of nitrogens with zero attached hydrogens (tertiary/aromatic N) is 1. The van der Waals surface area contributed by atoms with Crippen LogP contribution in [0.3, 0.4) is 0 Å². The van der Waals surface area contributed by atoms with Crippen molar-refractivity contribution >= 4 is 28.9 Å². The molecule has 132 valence electrons. The van der Waals surface area contributed by atoms with Crippen molar-refractivity contribution < 1.29 is 14.8 Å². The third-order valence-electron chi connectivity index (χ3n) is 5.16. The highest BCUT2D eigenvalue weighted by Gasteiger charge is 2.42. The van der Waals surface area contributed by atoms with Crippen molar-refractivity contribution in [1.29, 1.82) is 0 Å². The topological polar surface area (TPSA) is 92.5 Å². The molecule has 0 aromatic heterocycles. The van der Waals surface area contributed by atoms with Gasteiger partial charge >= 0.3 is 5.97 Å². The van der Waals surface area contributed by atoms with Gasteiger partial charge in [0.05, 0.1) is 32.8 Å². The molecule has 2 N–H and O–H groups in total. The Bertz CT molecular complexity index is 939. The maximum atomic E-state index is 11.5. The summed E-state index contributed by atoms with van der Waals surface area (Å²) in [4.78, 5) is 22.2. The van der Waals surface area contributed by atoms with Crippen molar-refractivity contribution in [2.45, 2.75) is 18.4 Å². The minimum atomic E-state index is -0.974. The summed E-state index contributed by atoms with van der Waals surface area (Å²) in [5.41, 5.74) is 2.43. The lowest BCUT2D eigenvalue weighted by molar-refractivity contribution is -0.385. The van der Waals surface area contributed by atoms with Crippen molar-refractivity contribution in [3.8, 4) is 0 Å². The molecular weight excluding hydrogens is 356 g/mol. The number of nitro groups is 1. The summed E-state index contributed by atoms with van der Waals surface area (Å²) >= 11 is 6.34. The lowest BCUT2D eigenvalue weighted by Gasteiger charge is -2.37. The number of nitrogens with one attached hydrogen (secondary N) is 1. The first-order valence-corrected chi connectivity index (χ1v) is 8.58. The first kappa shape index (κ1) is 16.6. The summed E-state index contributed by atoms with van der Waals surface area (Å²) in [6.07, 6.45) is 4.83. The number of hydrogen-bond donors (Lipinski definition) is 2. The summed E-state index contributed by atoms with van der Waals surface area (Å²) in [5.74, 6) is -0.970. The van der Waals surface area contributed by atoms with Gasteiger partial charge in [-0.15, -0.1) is 0 Å². The number of rotatable bonds is 3. The van der Waals surface area contributed by atoms with E-state index in [1.165, 1.54) is 12.1 Å². The Labute approximate surface area is 154 Å². The van der Waals surface area contributed by atoms with Crippen LogP contribution >= 0.6 is 11.6 Å². The van der Waals surface area contributed by atoms with E-state index in [1.54, 1.807) is 24.3 Å². The quantitative estimate of drug-likeness (QED) is 0.461. The molecule has 6 nitrogen and oxygen atoms in total. The highest BCUT2D eigenvalue weighted by molar-refractivity contribution is 6.33. The zero-order chi connectivity index (χ0) is 18.4. The van der Waals surface area contributed by atoms with Crippen molar-refractivity contribution in [3.63, 3.8) is 0 Å². The second kappa shape index (κ2) is 6.14. The number of fused-ring (bicyclic) bond motifs is 3. The first-order valence-electron chi connectivity index (χ1n) is 8.20. The second-order valence-corrected chi connectivity index (χ2v) is 6.92. The van der Waals surface area contributed by atoms with Crippen LogP contribution in [-0.2, 0) is 0 Å². The van der Waals surface area contributed by atoms with Crippen LogP contribution in [0.5, 0.6) is 0 Å². The molecule has 0 amide bonds. The number of aromatic carboxylic acids is 1. The van der Waals surface area contributed by atoms with Gasteiger partial charge in [0, 0.05) is 12.0 Å². The van der Waals surface area contributed by atoms with Gasteiger partial charge in [-0.2, -0.15) is 0 Å². The molecule has 0 saturated carbocycles. The Morgan fingerprint density at radius 1 is 1.23 bits per heavy atom. The van der Waals surface area contributed by atoms with Crippen LogP contribution in [0, 0.1) is 16.0 Å². The fourth-order valence-electron chi connectivity index (χ4n) is 3.98. The molecule has 2 aliphatic rings. The Balaban J connectivity index is 1.81. The van der Waals surface area contributed by atoms with Gasteiger partial charge < -0.3 is 10.4 Å². The van der Waals surface area contributed by atoms with Gasteiger partial charge in [0.15, 0.2) is 0 Å². The van der Waals surface area contributed by atoms with E-state index in [9.17, 15) is 14.9 Å². The standard InChI is InChI=1S/C19H15ClN2O4/c20-14-8-9-15(22(25)26)16-12-2-1-3-13(12)17(21-18(14)16)10-4-6-11(7-5-10)19(23)24/h1-2,4-9,12-13,17,21H,3H2,(H,23,24). The van der Waals surface area contributed by atoms with Crippen LogP contribution in [0.2, 0.25) is 5.02 Å². The molecule has 2 aromatic carbocycles. The normalized spacial score (nSPS) is 23.0. The van der Waals surface area contributed by atoms with Crippen LogP contribution in [-0.4, -0.2) is 16.0 Å². The zero-order valence-corrected chi connectivity index (χ0v) is 14.3. The second-order valence-electron chi connectivity index (χ2n) is 6.51. The smallest absolute Gasteiger partial charge is 0.335 e. The fourth-order valence-corrected chi connectivity index (χ4v) is 4.20. The maximum absolute atomic E-state index is 11.5. The lowest BCUT2D eigenvalue weighted by Crippen LogP contribution is -2.29. The van der Waals surface area contributed by atoms with Crippen LogP contribution in [0.25, 0.3) is 0 Å². The molecule has 0 bridgehead atoms. The highest BCUT2D eigenvalue weighted by atomic mass is 35.5. The van der Waals surface area contributed by atoms with Crippen molar-refractivity contribution in [2.24, 2.45) is 5.92 Å². The zero-order valence-electron chi connectivity index (χ0n) is 13.6. The molecule has 3 atom stereocenters. The van der Waals surface area contributed by atoms with E-state index in [0.29, 0.717) is 16.3 Å². The number of benzene rings is 2. The number of carbonyl (C=O) groups is 1. The molecule has 4 rings (SSSR count). The molecule has 3 unspecified atom stereocenters. The summed E-state index contributed by atoms with van der Waals surface area (Å²) in [6.45, 7) is 0. The van der Waals surface area contributed by atoms with Gasteiger partial charge in [-0.05, 0) is 36.1 Å². The number of allylic oxidation sites excluding steroid dienone is 2. The molecule has 0 radical (unpaired) electrons. The number of carboxylic acid groups (broad SMARTS) is 1. The van der Waals surface area contributed by atoms with Gasteiger partial charge in [-0.25, -0.2) is 4.79 Å². The number of carboxylic acids is 1. The molecule has 2 aromatic rings. The molecule has 1 heterocycles. The van der Waals surface area contributed by atoms with E-state index in [4.69, 9.17) is 16.7 Å². The van der Waals surface area contributed by atoms with E-state index < -0.39 is 5.97 Å². The predicted molar refractivity (Wildman–Crippen MR) is 97.9 cm³/mol. The highest BCUT2D eigenvalue weighted by Crippen LogP contribution is 2.54. The Kier molecular flexibility index (Phi) is 3.92. The molecule has 0 fully saturated rings. The monoisotopic (exact) mass is 370 g/mol. The summed E-state index contributed by atoms with van der Waals surface area (Å²) in [6, 6.07) is 9.59. The summed E-state index contributed by atoms with van der Waals surface area (Å²) in [7, 11) is 0. The van der Waals surface area contributed by atoms with Crippen LogP contribution < -0.4 is 5.32 Å². The van der Waals surface area contributed by atoms with Crippen molar-refractivity contribution in [2.75, 3.05) is 5.32 Å². The van der Waals surface area contributed by atoms with E-state index in [2.05, 4.69) is 5.32 Å².